The number of aromatic nitrogens is 1. The van der Waals surface area contributed by atoms with Gasteiger partial charge in [0, 0.05) is 36.3 Å². The molecular formula is C16H19N3O4S2. The van der Waals surface area contributed by atoms with Gasteiger partial charge in [0.2, 0.25) is 0 Å². The van der Waals surface area contributed by atoms with Crippen molar-refractivity contribution in [3.63, 3.8) is 0 Å². The molecule has 1 fully saturated rings. The zero-order valence-corrected chi connectivity index (χ0v) is 15.6. The second-order valence-corrected chi connectivity index (χ2v) is 9.14. The molecule has 1 aromatic heterocycles. The third-order valence-corrected chi connectivity index (χ3v) is 6.56. The maximum atomic E-state index is 12.0. The van der Waals surface area contributed by atoms with E-state index in [-0.39, 0.29) is 16.5 Å². The van der Waals surface area contributed by atoms with Crippen LogP contribution in [0.15, 0.2) is 28.5 Å². The van der Waals surface area contributed by atoms with Gasteiger partial charge in [0.1, 0.15) is 10.6 Å². The summed E-state index contributed by atoms with van der Waals surface area (Å²) in [4.78, 5) is 17.2. The number of nitro benzene ring substituents is 1. The summed E-state index contributed by atoms with van der Waals surface area (Å²) in [6.07, 6.45) is 2.85. The Kier molecular flexibility index (Phi) is 4.79. The molecule has 0 N–H and O–H groups in total. The molecule has 1 saturated heterocycles. The molecule has 0 aliphatic carbocycles. The Morgan fingerprint density at radius 3 is 2.76 bits per heavy atom. The number of hydrogen-bond donors (Lipinski definition) is 0. The van der Waals surface area contributed by atoms with E-state index in [1.165, 1.54) is 6.07 Å². The summed E-state index contributed by atoms with van der Waals surface area (Å²) in [6.45, 7) is 3.21. The summed E-state index contributed by atoms with van der Waals surface area (Å²) in [5, 5.41) is 14.6. The van der Waals surface area contributed by atoms with E-state index in [0.29, 0.717) is 18.8 Å². The van der Waals surface area contributed by atoms with Crippen molar-refractivity contribution in [3.05, 3.63) is 44.4 Å². The summed E-state index contributed by atoms with van der Waals surface area (Å²) in [7, 11) is -3.68. The molecule has 0 spiro atoms. The monoisotopic (exact) mass is 381 g/mol. The molecule has 0 amide bonds. The van der Waals surface area contributed by atoms with Crippen molar-refractivity contribution in [1.29, 1.82) is 0 Å². The smallest absolute Gasteiger partial charge is 0.311 e. The molecule has 7 nitrogen and oxygen atoms in total. The van der Waals surface area contributed by atoms with Gasteiger partial charge >= 0.3 is 5.69 Å². The van der Waals surface area contributed by atoms with E-state index in [0.717, 1.165) is 29.8 Å². The predicted octanol–water partition coefficient (Wildman–Crippen LogP) is 3.15. The van der Waals surface area contributed by atoms with E-state index in [1.807, 2.05) is 17.2 Å². The van der Waals surface area contributed by atoms with Crippen LogP contribution in [0.3, 0.4) is 0 Å². The number of nitrogens with zero attached hydrogens (tertiary/aromatic N) is 3. The van der Waals surface area contributed by atoms with E-state index in [9.17, 15) is 18.5 Å². The van der Waals surface area contributed by atoms with Gasteiger partial charge in [-0.15, -0.1) is 11.3 Å². The molecule has 0 saturated carbocycles. The first kappa shape index (κ1) is 17.8. The molecule has 3 rings (SSSR count). The Bertz CT molecular complexity index is 908. The van der Waals surface area contributed by atoms with Gasteiger partial charge in [-0.05, 0) is 31.9 Å². The molecular weight excluding hydrogens is 362 g/mol. The van der Waals surface area contributed by atoms with Gasteiger partial charge in [0.05, 0.1) is 9.93 Å². The zero-order chi connectivity index (χ0) is 18.2. The van der Waals surface area contributed by atoms with Gasteiger partial charge in [-0.2, -0.15) is 0 Å². The zero-order valence-electron chi connectivity index (χ0n) is 14.0. The lowest BCUT2D eigenvalue weighted by Gasteiger charge is -2.33. The highest BCUT2D eigenvalue weighted by atomic mass is 32.2. The molecule has 2 heterocycles. The third kappa shape index (κ3) is 3.67. The Morgan fingerprint density at radius 2 is 2.16 bits per heavy atom. The minimum absolute atomic E-state index is 0.203. The molecule has 25 heavy (non-hydrogen) atoms. The molecule has 1 atom stereocenters. The van der Waals surface area contributed by atoms with E-state index in [1.54, 1.807) is 23.5 Å². The second kappa shape index (κ2) is 6.72. The number of rotatable bonds is 4. The lowest BCUT2D eigenvalue weighted by molar-refractivity contribution is -0.387. The van der Waals surface area contributed by atoms with Gasteiger partial charge in [-0.25, -0.2) is 13.4 Å². The van der Waals surface area contributed by atoms with Crippen LogP contribution in [0, 0.1) is 17.0 Å². The molecule has 0 radical (unpaired) electrons. The number of benzene rings is 1. The van der Waals surface area contributed by atoms with Gasteiger partial charge in [-0.3, -0.25) is 10.1 Å². The topological polar surface area (TPSA) is 93.4 Å². The summed E-state index contributed by atoms with van der Waals surface area (Å²) >= 11 is 1.60. The van der Waals surface area contributed by atoms with Crippen molar-refractivity contribution >= 4 is 32.5 Å². The molecule has 1 aliphatic rings. The lowest BCUT2D eigenvalue weighted by Crippen LogP contribution is -2.35. The minimum atomic E-state index is -3.68. The maximum Gasteiger partial charge on any atom is 0.311 e. The number of para-hydroxylation sites is 1. The Balaban J connectivity index is 2.00. The molecule has 1 aromatic carbocycles. The number of sulfone groups is 1. The average molecular weight is 381 g/mol. The number of thiazole rings is 1. The lowest BCUT2D eigenvalue weighted by atomic mass is 9.98. The van der Waals surface area contributed by atoms with Crippen LogP contribution < -0.4 is 4.90 Å². The Hall–Kier alpha value is -2.00. The fourth-order valence-corrected chi connectivity index (χ4v) is 4.99. The van der Waals surface area contributed by atoms with Crippen LogP contribution in [-0.4, -0.2) is 37.7 Å². The molecule has 0 bridgehead atoms. The number of nitro groups is 1. The van der Waals surface area contributed by atoms with E-state index in [2.05, 4.69) is 4.98 Å². The predicted molar refractivity (Wildman–Crippen MR) is 97.2 cm³/mol. The molecule has 1 unspecified atom stereocenters. The minimum Gasteiger partial charge on any atom is -0.365 e. The van der Waals surface area contributed by atoms with Crippen LogP contribution in [0.2, 0.25) is 0 Å². The van der Waals surface area contributed by atoms with E-state index in [4.69, 9.17) is 0 Å². The highest BCUT2D eigenvalue weighted by molar-refractivity contribution is 7.90. The number of hydrogen-bond acceptors (Lipinski definition) is 7. The highest BCUT2D eigenvalue weighted by Crippen LogP contribution is 2.38. The third-order valence-electron chi connectivity index (χ3n) is 4.31. The van der Waals surface area contributed by atoms with Crippen molar-refractivity contribution in [1.82, 2.24) is 4.98 Å². The summed E-state index contributed by atoms with van der Waals surface area (Å²) in [6, 6.07) is 4.49. The second-order valence-electron chi connectivity index (χ2n) is 6.27. The summed E-state index contributed by atoms with van der Waals surface area (Å²) in [5.41, 5.74) is 1.01. The quantitative estimate of drug-likeness (QED) is 0.596. The Labute approximate surface area is 150 Å². The SMILES string of the molecule is Cc1csc(C2CCCN(c3cccc(S(C)(=O)=O)c3[N+](=O)[O-])C2)n1. The fourth-order valence-electron chi connectivity index (χ4n) is 3.21. The highest BCUT2D eigenvalue weighted by Gasteiger charge is 2.32. The van der Waals surface area contributed by atoms with Crippen LogP contribution in [0.25, 0.3) is 0 Å². The first-order valence-corrected chi connectivity index (χ1v) is 10.7. The van der Waals surface area contributed by atoms with Gasteiger partial charge < -0.3 is 4.90 Å². The fraction of sp³-hybridized carbons (Fsp3) is 0.438. The van der Waals surface area contributed by atoms with Gasteiger partial charge in [-0.1, -0.05) is 6.07 Å². The van der Waals surface area contributed by atoms with Crippen LogP contribution in [0.4, 0.5) is 11.4 Å². The largest absolute Gasteiger partial charge is 0.365 e. The van der Waals surface area contributed by atoms with Gasteiger partial charge in [0.25, 0.3) is 0 Å². The van der Waals surface area contributed by atoms with Crippen molar-refractivity contribution in [2.75, 3.05) is 24.2 Å². The van der Waals surface area contributed by atoms with Crippen LogP contribution in [-0.2, 0) is 9.84 Å². The number of anilines is 1. The van der Waals surface area contributed by atoms with Crippen LogP contribution >= 0.6 is 11.3 Å². The normalized spacial score (nSPS) is 18.3. The summed E-state index contributed by atoms with van der Waals surface area (Å²) in [5.74, 6) is 0.203. The first-order valence-electron chi connectivity index (χ1n) is 7.92. The molecule has 9 heteroatoms. The van der Waals surface area contributed by atoms with Crippen molar-refractivity contribution in [2.24, 2.45) is 0 Å². The number of aryl methyl sites for hydroxylation is 1. The maximum absolute atomic E-state index is 12.0. The number of piperidine rings is 1. The van der Waals surface area contributed by atoms with Crippen molar-refractivity contribution in [3.8, 4) is 0 Å². The molecule has 134 valence electrons. The summed E-state index contributed by atoms with van der Waals surface area (Å²) < 4.78 is 23.9. The van der Waals surface area contributed by atoms with Gasteiger partial charge in [0.15, 0.2) is 9.84 Å². The van der Waals surface area contributed by atoms with Crippen LogP contribution in [0.5, 0.6) is 0 Å². The van der Waals surface area contributed by atoms with E-state index < -0.39 is 14.8 Å². The first-order chi connectivity index (χ1) is 11.8. The molecule has 1 aliphatic heterocycles. The average Bonchev–Trinajstić information content (AvgIpc) is 3.00. The van der Waals surface area contributed by atoms with Crippen molar-refractivity contribution < 1.29 is 13.3 Å². The standard InChI is InChI=1S/C16H19N3O4S2/c1-11-10-24-16(17-11)12-5-4-8-18(9-12)13-6-3-7-14(25(2,22)23)15(13)19(20)21/h3,6-7,10,12H,4-5,8-9H2,1-2H3. The van der Waals surface area contributed by atoms with E-state index >= 15 is 0 Å². The Morgan fingerprint density at radius 1 is 1.40 bits per heavy atom. The van der Waals surface area contributed by atoms with Crippen molar-refractivity contribution in [2.45, 2.75) is 30.6 Å². The molecule has 2 aromatic rings. The van der Waals surface area contributed by atoms with Crippen LogP contribution in [0.1, 0.15) is 29.5 Å².